The number of rotatable bonds is 3. The molecule has 1 aromatic carbocycles. The first-order valence-corrected chi connectivity index (χ1v) is 5.00. The molecule has 0 radical (unpaired) electrons. The van der Waals surface area contributed by atoms with Crippen molar-refractivity contribution >= 4 is 16.9 Å². The predicted octanol–water partition coefficient (Wildman–Crippen LogP) is 2.70. The quantitative estimate of drug-likeness (QED) is 0.863. The molecule has 0 aliphatic rings. The average Bonchev–Trinajstić information content (AvgIpc) is 2.72. The molecular weight excluding hydrogens is 208 g/mol. The van der Waals surface area contributed by atoms with E-state index in [0.29, 0.717) is 11.3 Å². The van der Waals surface area contributed by atoms with Gasteiger partial charge in [-0.25, -0.2) is 4.79 Å². The summed E-state index contributed by atoms with van der Waals surface area (Å²) in [4.78, 5) is 10.8. The summed E-state index contributed by atoms with van der Waals surface area (Å²) in [5, 5.41) is 9.68. The van der Waals surface area contributed by atoms with Crippen molar-refractivity contribution < 1.29 is 19.1 Å². The lowest BCUT2D eigenvalue weighted by molar-refractivity contribution is 0.0665. The highest BCUT2D eigenvalue weighted by atomic mass is 16.5. The largest absolute Gasteiger partial charge is 0.493 e. The Morgan fingerprint density at radius 3 is 2.81 bits per heavy atom. The molecule has 1 N–H and O–H groups in total. The number of aromatic carboxylic acids is 1. The highest BCUT2D eigenvalue weighted by Crippen LogP contribution is 2.31. The Balaban J connectivity index is 2.75. The Bertz CT molecular complexity index is 498. The van der Waals surface area contributed by atoms with Gasteiger partial charge in [-0.15, -0.1) is 0 Å². The van der Waals surface area contributed by atoms with Crippen LogP contribution in [0.15, 0.2) is 22.6 Å². The molecule has 0 fully saturated rings. The van der Waals surface area contributed by atoms with Gasteiger partial charge < -0.3 is 14.3 Å². The van der Waals surface area contributed by atoms with Crippen LogP contribution in [0.25, 0.3) is 11.0 Å². The van der Waals surface area contributed by atoms with E-state index in [2.05, 4.69) is 0 Å². The van der Waals surface area contributed by atoms with Gasteiger partial charge in [0, 0.05) is 5.39 Å². The summed E-state index contributed by atoms with van der Waals surface area (Å²) < 4.78 is 10.4. The highest BCUT2D eigenvalue weighted by Gasteiger charge is 2.15. The second kappa shape index (κ2) is 3.89. The molecule has 16 heavy (non-hydrogen) atoms. The highest BCUT2D eigenvalue weighted by molar-refractivity contribution is 5.94. The molecule has 0 saturated heterocycles. The summed E-state index contributed by atoms with van der Waals surface area (Å²) in [5.41, 5.74) is 1.55. The van der Waals surface area contributed by atoms with Crippen LogP contribution in [0.5, 0.6) is 5.75 Å². The van der Waals surface area contributed by atoms with Gasteiger partial charge in [-0.2, -0.15) is 0 Å². The molecule has 84 valence electrons. The molecule has 1 aromatic heterocycles. The van der Waals surface area contributed by atoms with Gasteiger partial charge in [0.1, 0.15) is 0 Å². The molecule has 0 aliphatic carbocycles. The van der Waals surface area contributed by atoms with Crippen molar-refractivity contribution in [2.45, 2.75) is 13.3 Å². The minimum absolute atomic E-state index is 0.0609. The van der Waals surface area contributed by atoms with Crippen molar-refractivity contribution in [2.24, 2.45) is 0 Å². The number of carbonyl (C=O) groups is 1. The predicted molar refractivity (Wildman–Crippen MR) is 59.1 cm³/mol. The normalized spacial score (nSPS) is 10.6. The van der Waals surface area contributed by atoms with Gasteiger partial charge >= 0.3 is 5.97 Å². The maximum atomic E-state index is 10.8. The molecule has 0 saturated carbocycles. The summed E-state index contributed by atoms with van der Waals surface area (Å²) in [6.45, 7) is 2.01. The third-order valence-corrected chi connectivity index (χ3v) is 2.55. The van der Waals surface area contributed by atoms with Gasteiger partial charge in [0.25, 0.3) is 0 Å². The average molecular weight is 220 g/mol. The lowest BCUT2D eigenvalue weighted by atomic mass is 10.1. The third kappa shape index (κ3) is 1.52. The van der Waals surface area contributed by atoms with E-state index in [9.17, 15) is 4.79 Å². The van der Waals surface area contributed by atoms with Crippen LogP contribution in [0.4, 0.5) is 0 Å². The summed E-state index contributed by atoms with van der Waals surface area (Å²) in [6.07, 6.45) is 0.819. The Morgan fingerprint density at radius 1 is 1.50 bits per heavy atom. The molecule has 0 spiro atoms. The number of carboxylic acid groups (broad SMARTS) is 1. The molecule has 2 rings (SSSR count). The van der Waals surface area contributed by atoms with Crippen molar-refractivity contribution in [2.75, 3.05) is 7.11 Å². The maximum Gasteiger partial charge on any atom is 0.371 e. The van der Waals surface area contributed by atoms with Crippen LogP contribution in [0, 0.1) is 0 Å². The summed E-state index contributed by atoms with van der Waals surface area (Å²) >= 11 is 0. The van der Waals surface area contributed by atoms with E-state index >= 15 is 0 Å². The van der Waals surface area contributed by atoms with Gasteiger partial charge in [0.05, 0.1) is 7.11 Å². The van der Waals surface area contributed by atoms with E-state index in [1.54, 1.807) is 12.1 Å². The van der Waals surface area contributed by atoms with E-state index in [1.165, 1.54) is 7.11 Å². The van der Waals surface area contributed by atoms with Crippen LogP contribution in [0.3, 0.4) is 0 Å². The second-order valence-corrected chi connectivity index (χ2v) is 3.44. The number of hydrogen-bond donors (Lipinski definition) is 1. The van der Waals surface area contributed by atoms with Crippen LogP contribution < -0.4 is 4.74 Å². The summed E-state index contributed by atoms with van der Waals surface area (Å²) in [7, 11) is 1.53. The third-order valence-electron chi connectivity index (χ3n) is 2.55. The zero-order chi connectivity index (χ0) is 11.7. The smallest absolute Gasteiger partial charge is 0.371 e. The summed E-state index contributed by atoms with van der Waals surface area (Å²) in [6, 6.07) is 5.25. The monoisotopic (exact) mass is 220 g/mol. The number of methoxy groups -OCH3 is 1. The Kier molecular flexibility index (Phi) is 2.56. The zero-order valence-corrected chi connectivity index (χ0v) is 9.11. The van der Waals surface area contributed by atoms with Gasteiger partial charge in [-0.3, -0.25) is 0 Å². The van der Waals surface area contributed by atoms with Crippen molar-refractivity contribution in [3.63, 3.8) is 0 Å². The van der Waals surface area contributed by atoms with Crippen LogP contribution in [0.1, 0.15) is 23.0 Å². The molecule has 0 aliphatic heterocycles. The first-order valence-electron chi connectivity index (χ1n) is 5.00. The number of benzene rings is 1. The van der Waals surface area contributed by atoms with E-state index in [1.807, 2.05) is 13.0 Å². The minimum Gasteiger partial charge on any atom is -0.493 e. The van der Waals surface area contributed by atoms with Crippen molar-refractivity contribution in [1.82, 2.24) is 0 Å². The fraction of sp³-hybridized carbons (Fsp3) is 0.250. The van der Waals surface area contributed by atoms with E-state index in [4.69, 9.17) is 14.3 Å². The van der Waals surface area contributed by atoms with Crippen molar-refractivity contribution in [3.8, 4) is 5.75 Å². The van der Waals surface area contributed by atoms with E-state index in [-0.39, 0.29) is 5.76 Å². The number of fused-ring (bicyclic) bond motifs is 1. The Hall–Kier alpha value is -1.97. The Labute approximate surface area is 92.4 Å². The minimum atomic E-state index is -1.07. The lowest BCUT2D eigenvalue weighted by Crippen LogP contribution is -1.91. The molecule has 1 heterocycles. The molecule has 0 bridgehead atoms. The second-order valence-electron chi connectivity index (χ2n) is 3.44. The van der Waals surface area contributed by atoms with Crippen molar-refractivity contribution in [3.05, 3.63) is 29.5 Å². The van der Waals surface area contributed by atoms with E-state index < -0.39 is 5.97 Å². The zero-order valence-electron chi connectivity index (χ0n) is 9.11. The van der Waals surface area contributed by atoms with Crippen LogP contribution in [0.2, 0.25) is 0 Å². The van der Waals surface area contributed by atoms with Gasteiger partial charge in [0.2, 0.25) is 5.76 Å². The summed E-state index contributed by atoms with van der Waals surface area (Å²) in [5.74, 6) is -0.575. The molecular formula is C12H12O4. The molecule has 0 amide bonds. The van der Waals surface area contributed by atoms with E-state index in [0.717, 1.165) is 17.4 Å². The maximum absolute atomic E-state index is 10.8. The Morgan fingerprint density at radius 2 is 2.25 bits per heavy atom. The number of ether oxygens (including phenoxy) is 1. The lowest BCUT2D eigenvalue weighted by Gasteiger charge is -2.03. The standard InChI is InChI=1S/C12H12O4/c1-3-7-4-5-9(15-2)11-8(7)6-10(16-11)12(13)14/h4-6H,3H2,1-2H3,(H,13,14). The van der Waals surface area contributed by atoms with Crippen LogP contribution in [-0.2, 0) is 6.42 Å². The topological polar surface area (TPSA) is 59.7 Å². The number of furan rings is 1. The van der Waals surface area contributed by atoms with Crippen molar-refractivity contribution in [1.29, 1.82) is 0 Å². The fourth-order valence-corrected chi connectivity index (χ4v) is 1.73. The van der Waals surface area contributed by atoms with Gasteiger partial charge in [-0.1, -0.05) is 13.0 Å². The molecule has 4 nitrogen and oxygen atoms in total. The number of hydrogen-bond acceptors (Lipinski definition) is 3. The molecule has 0 unspecified atom stereocenters. The SMILES string of the molecule is CCc1ccc(OC)c2oc(C(=O)O)cc12. The van der Waals surface area contributed by atoms with Gasteiger partial charge in [0.15, 0.2) is 11.3 Å². The molecule has 2 aromatic rings. The van der Waals surface area contributed by atoms with Crippen LogP contribution >= 0.6 is 0 Å². The molecule has 4 heteroatoms. The first kappa shape index (κ1) is 10.5. The molecule has 0 atom stereocenters. The fourth-order valence-electron chi connectivity index (χ4n) is 1.73. The number of carboxylic acids is 1. The van der Waals surface area contributed by atoms with Crippen LogP contribution in [-0.4, -0.2) is 18.2 Å². The number of aryl methyl sites for hydroxylation is 1. The first-order chi connectivity index (χ1) is 7.67. The van der Waals surface area contributed by atoms with Gasteiger partial charge in [-0.05, 0) is 24.1 Å².